The van der Waals surface area contributed by atoms with Crippen LogP contribution in [0.25, 0.3) is 0 Å². The van der Waals surface area contributed by atoms with E-state index in [9.17, 15) is 4.39 Å². The van der Waals surface area contributed by atoms with E-state index in [4.69, 9.17) is 11.6 Å². The highest BCUT2D eigenvalue weighted by Gasteiger charge is 2.14. The molecular weight excluding hydrogens is 261 g/mol. The van der Waals surface area contributed by atoms with Gasteiger partial charge in [0, 0.05) is 11.1 Å². The van der Waals surface area contributed by atoms with E-state index in [-0.39, 0.29) is 11.9 Å². The summed E-state index contributed by atoms with van der Waals surface area (Å²) in [5, 5.41) is 4.02. The lowest BCUT2D eigenvalue weighted by Gasteiger charge is -2.19. The van der Waals surface area contributed by atoms with Crippen LogP contribution in [0.15, 0.2) is 42.5 Å². The Bertz CT molecular complexity index is 568. The molecule has 0 aliphatic carbocycles. The van der Waals surface area contributed by atoms with E-state index in [2.05, 4.69) is 5.32 Å². The molecule has 19 heavy (non-hydrogen) atoms. The summed E-state index contributed by atoms with van der Waals surface area (Å²) in [6, 6.07) is 12.8. The van der Waals surface area contributed by atoms with Gasteiger partial charge in [-0.15, -0.1) is 0 Å². The third kappa shape index (κ3) is 3.34. The van der Waals surface area contributed by atoms with Gasteiger partial charge in [0.15, 0.2) is 0 Å². The maximum absolute atomic E-state index is 13.1. The van der Waals surface area contributed by atoms with Gasteiger partial charge in [-0.1, -0.05) is 35.9 Å². The van der Waals surface area contributed by atoms with E-state index < -0.39 is 0 Å². The van der Waals surface area contributed by atoms with Crippen molar-refractivity contribution in [2.24, 2.45) is 0 Å². The molecule has 3 heteroatoms. The highest BCUT2D eigenvalue weighted by Crippen LogP contribution is 2.26. The monoisotopic (exact) mass is 277 g/mol. The van der Waals surface area contributed by atoms with Crippen LogP contribution in [0.2, 0.25) is 5.02 Å². The van der Waals surface area contributed by atoms with Crippen molar-refractivity contribution in [2.75, 3.05) is 7.05 Å². The normalized spacial score (nSPS) is 12.4. The second-order valence-electron chi connectivity index (χ2n) is 4.64. The third-order valence-electron chi connectivity index (χ3n) is 3.36. The molecular formula is C16H17ClFN. The largest absolute Gasteiger partial charge is 0.313 e. The van der Waals surface area contributed by atoms with Crippen molar-refractivity contribution >= 4 is 11.6 Å². The first-order chi connectivity index (χ1) is 9.11. The van der Waals surface area contributed by atoms with Gasteiger partial charge in [-0.3, -0.25) is 0 Å². The van der Waals surface area contributed by atoms with E-state index in [1.807, 2.05) is 44.3 Å². The Morgan fingerprint density at radius 3 is 2.58 bits per heavy atom. The van der Waals surface area contributed by atoms with Gasteiger partial charge in [-0.25, -0.2) is 4.39 Å². The van der Waals surface area contributed by atoms with Gasteiger partial charge in [-0.05, 0) is 55.3 Å². The van der Waals surface area contributed by atoms with Gasteiger partial charge in [-0.2, -0.15) is 0 Å². The topological polar surface area (TPSA) is 12.0 Å². The predicted molar refractivity (Wildman–Crippen MR) is 78.1 cm³/mol. The molecule has 0 aliphatic rings. The number of hydrogen-bond donors (Lipinski definition) is 1. The molecule has 0 aromatic heterocycles. The van der Waals surface area contributed by atoms with Gasteiger partial charge in [0.25, 0.3) is 0 Å². The summed E-state index contributed by atoms with van der Waals surface area (Å²) in [5.74, 6) is -0.194. The highest BCUT2D eigenvalue weighted by molar-refractivity contribution is 6.31. The summed E-state index contributed by atoms with van der Waals surface area (Å²) in [7, 11) is 1.91. The molecule has 0 spiro atoms. The minimum atomic E-state index is -0.194. The van der Waals surface area contributed by atoms with Gasteiger partial charge in [0.2, 0.25) is 0 Å². The zero-order valence-electron chi connectivity index (χ0n) is 11.1. The maximum Gasteiger partial charge on any atom is 0.123 e. The number of aryl methyl sites for hydroxylation is 1. The molecule has 1 N–H and O–H groups in total. The van der Waals surface area contributed by atoms with Crippen molar-refractivity contribution in [3.05, 3.63) is 70.0 Å². The quantitative estimate of drug-likeness (QED) is 0.879. The summed E-state index contributed by atoms with van der Waals surface area (Å²) in [6.45, 7) is 1.93. The first-order valence-corrected chi connectivity index (χ1v) is 6.66. The van der Waals surface area contributed by atoms with Gasteiger partial charge in [0.05, 0.1) is 0 Å². The summed E-state index contributed by atoms with van der Waals surface area (Å²) in [4.78, 5) is 0. The molecule has 0 aliphatic heterocycles. The fourth-order valence-electron chi connectivity index (χ4n) is 2.23. The van der Waals surface area contributed by atoms with Crippen molar-refractivity contribution in [1.29, 1.82) is 0 Å². The Labute approximate surface area is 118 Å². The Morgan fingerprint density at radius 2 is 1.95 bits per heavy atom. The SMILES string of the molecule is CNC(Cc1ccc(F)cc1C)c1ccccc1Cl. The summed E-state index contributed by atoms with van der Waals surface area (Å²) < 4.78 is 13.1. The van der Waals surface area contributed by atoms with Crippen LogP contribution in [0.5, 0.6) is 0 Å². The molecule has 0 fully saturated rings. The van der Waals surface area contributed by atoms with Gasteiger partial charge >= 0.3 is 0 Å². The van der Waals surface area contributed by atoms with Crippen LogP contribution >= 0.6 is 11.6 Å². The molecule has 0 saturated heterocycles. The number of hydrogen-bond acceptors (Lipinski definition) is 1. The molecule has 0 bridgehead atoms. The summed E-state index contributed by atoms with van der Waals surface area (Å²) >= 11 is 6.23. The molecule has 1 nitrogen and oxygen atoms in total. The van der Waals surface area contributed by atoms with Crippen LogP contribution in [0.4, 0.5) is 4.39 Å². The van der Waals surface area contributed by atoms with E-state index >= 15 is 0 Å². The van der Waals surface area contributed by atoms with Gasteiger partial charge in [0.1, 0.15) is 5.82 Å². The zero-order chi connectivity index (χ0) is 13.8. The minimum absolute atomic E-state index is 0.123. The number of rotatable bonds is 4. The van der Waals surface area contributed by atoms with Crippen molar-refractivity contribution < 1.29 is 4.39 Å². The molecule has 1 unspecified atom stereocenters. The molecule has 0 amide bonds. The molecule has 1 atom stereocenters. The molecule has 0 radical (unpaired) electrons. The molecule has 2 aromatic rings. The maximum atomic E-state index is 13.1. The second-order valence-corrected chi connectivity index (χ2v) is 5.04. The average molecular weight is 278 g/mol. The van der Waals surface area contributed by atoms with Crippen molar-refractivity contribution in [2.45, 2.75) is 19.4 Å². The van der Waals surface area contributed by atoms with Crippen LogP contribution in [-0.2, 0) is 6.42 Å². The number of benzene rings is 2. The Balaban J connectivity index is 2.27. The molecule has 2 rings (SSSR count). The smallest absolute Gasteiger partial charge is 0.123 e. The van der Waals surface area contributed by atoms with E-state index in [0.717, 1.165) is 28.1 Å². The Hall–Kier alpha value is -1.38. The second kappa shape index (κ2) is 6.18. The fraction of sp³-hybridized carbons (Fsp3) is 0.250. The first kappa shape index (κ1) is 14.0. The van der Waals surface area contributed by atoms with Crippen molar-refractivity contribution in [3.63, 3.8) is 0 Å². The standard InChI is InChI=1S/C16H17ClFN/c1-11-9-13(18)8-7-12(11)10-16(19-2)14-5-3-4-6-15(14)17/h3-9,16,19H,10H2,1-2H3. The van der Waals surface area contributed by atoms with Crippen molar-refractivity contribution in [3.8, 4) is 0 Å². The number of halogens is 2. The minimum Gasteiger partial charge on any atom is -0.313 e. The van der Waals surface area contributed by atoms with E-state index in [1.165, 1.54) is 6.07 Å². The zero-order valence-corrected chi connectivity index (χ0v) is 11.8. The average Bonchev–Trinajstić information content (AvgIpc) is 2.39. The van der Waals surface area contributed by atoms with E-state index in [0.29, 0.717) is 0 Å². The van der Waals surface area contributed by atoms with Crippen LogP contribution < -0.4 is 5.32 Å². The number of nitrogens with one attached hydrogen (secondary N) is 1. The molecule has 0 saturated carbocycles. The molecule has 0 heterocycles. The van der Waals surface area contributed by atoms with Crippen LogP contribution in [0.1, 0.15) is 22.7 Å². The molecule has 100 valence electrons. The summed E-state index contributed by atoms with van der Waals surface area (Å²) in [5.41, 5.74) is 3.16. The Kier molecular flexibility index (Phi) is 4.56. The predicted octanol–water partition coefficient (Wildman–Crippen LogP) is 4.29. The lowest BCUT2D eigenvalue weighted by atomic mass is 9.96. The summed E-state index contributed by atoms with van der Waals surface area (Å²) in [6.07, 6.45) is 0.784. The highest BCUT2D eigenvalue weighted by atomic mass is 35.5. The first-order valence-electron chi connectivity index (χ1n) is 6.28. The van der Waals surface area contributed by atoms with Crippen LogP contribution in [-0.4, -0.2) is 7.05 Å². The molecule has 2 aromatic carbocycles. The lowest BCUT2D eigenvalue weighted by molar-refractivity contribution is 0.587. The van der Waals surface area contributed by atoms with E-state index in [1.54, 1.807) is 6.07 Å². The third-order valence-corrected chi connectivity index (χ3v) is 3.70. The number of likely N-dealkylation sites (N-methyl/N-ethyl adjacent to an activating group) is 1. The Morgan fingerprint density at radius 1 is 1.21 bits per heavy atom. The van der Waals surface area contributed by atoms with Crippen LogP contribution in [0, 0.1) is 12.7 Å². The van der Waals surface area contributed by atoms with Gasteiger partial charge < -0.3 is 5.32 Å². The lowest BCUT2D eigenvalue weighted by Crippen LogP contribution is -2.19. The van der Waals surface area contributed by atoms with Crippen LogP contribution in [0.3, 0.4) is 0 Å². The fourth-order valence-corrected chi connectivity index (χ4v) is 2.50. The van der Waals surface area contributed by atoms with Crippen molar-refractivity contribution in [1.82, 2.24) is 5.32 Å².